The highest BCUT2D eigenvalue weighted by molar-refractivity contribution is 5.89. The topological polar surface area (TPSA) is 38.8 Å². The molecule has 3 rings (SSSR count). The smallest absolute Gasteiger partial charge is 0.337 e. The summed E-state index contributed by atoms with van der Waals surface area (Å²) >= 11 is 0. The van der Waals surface area contributed by atoms with Crippen LogP contribution in [-0.4, -0.2) is 32.8 Å². The van der Waals surface area contributed by atoms with Crippen molar-refractivity contribution in [1.82, 2.24) is 0 Å². The van der Waals surface area contributed by atoms with E-state index in [4.69, 9.17) is 9.47 Å². The van der Waals surface area contributed by atoms with Crippen LogP contribution in [0.1, 0.15) is 43.1 Å². The molecule has 0 saturated carbocycles. The highest BCUT2D eigenvalue weighted by Gasteiger charge is 2.24. The summed E-state index contributed by atoms with van der Waals surface area (Å²) in [6.07, 6.45) is 1.13. The van der Waals surface area contributed by atoms with Gasteiger partial charge in [0, 0.05) is 24.7 Å². The quantitative estimate of drug-likeness (QED) is 0.720. The van der Waals surface area contributed by atoms with Gasteiger partial charge in [0.25, 0.3) is 0 Å². The molecule has 144 valence electrons. The van der Waals surface area contributed by atoms with Crippen molar-refractivity contribution >= 4 is 11.7 Å². The van der Waals surface area contributed by atoms with Crippen molar-refractivity contribution in [2.24, 2.45) is 5.92 Å². The summed E-state index contributed by atoms with van der Waals surface area (Å²) in [5.41, 5.74) is 3.37. The largest absolute Gasteiger partial charge is 0.493 e. The van der Waals surface area contributed by atoms with Crippen molar-refractivity contribution in [3.05, 3.63) is 59.7 Å². The van der Waals surface area contributed by atoms with Crippen LogP contribution in [0.3, 0.4) is 0 Å². The summed E-state index contributed by atoms with van der Waals surface area (Å²) in [5, 5.41) is 0. The van der Waals surface area contributed by atoms with E-state index in [1.807, 2.05) is 12.1 Å². The standard InChI is InChI=1S/C23H29NO3/c1-23(2,3)19-7-9-20(10-8-19)24-14-13-17(15-24)16-27-21-11-5-18(6-12-21)22(25)26-4/h5-12,17H,13-16H2,1-4H3. The van der Waals surface area contributed by atoms with Crippen LogP contribution in [0.4, 0.5) is 5.69 Å². The number of anilines is 1. The van der Waals surface area contributed by atoms with Gasteiger partial charge in [-0.3, -0.25) is 0 Å². The first-order valence-corrected chi connectivity index (χ1v) is 9.53. The Balaban J connectivity index is 1.52. The lowest BCUT2D eigenvalue weighted by Crippen LogP contribution is -2.22. The SMILES string of the molecule is COC(=O)c1ccc(OCC2CCN(c3ccc(C(C)(C)C)cc3)C2)cc1. The van der Waals surface area contributed by atoms with Gasteiger partial charge in [-0.2, -0.15) is 0 Å². The Kier molecular flexibility index (Phi) is 5.73. The number of benzene rings is 2. The Morgan fingerprint density at radius 2 is 1.74 bits per heavy atom. The minimum absolute atomic E-state index is 0.184. The Bertz CT molecular complexity index is 760. The summed E-state index contributed by atoms with van der Waals surface area (Å²) in [6, 6.07) is 16.1. The molecule has 1 atom stereocenters. The van der Waals surface area contributed by atoms with Gasteiger partial charge in [0.05, 0.1) is 19.3 Å². The Morgan fingerprint density at radius 1 is 1.07 bits per heavy atom. The number of ether oxygens (including phenoxy) is 2. The summed E-state index contributed by atoms with van der Waals surface area (Å²) < 4.78 is 10.6. The van der Waals surface area contributed by atoms with Crippen LogP contribution < -0.4 is 9.64 Å². The molecule has 0 aromatic heterocycles. The van der Waals surface area contributed by atoms with Crippen molar-refractivity contribution < 1.29 is 14.3 Å². The lowest BCUT2D eigenvalue weighted by atomic mass is 9.87. The number of carbonyl (C=O) groups is 1. The molecule has 2 aromatic rings. The zero-order chi connectivity index (χ0) is 19.4. The van der Waals surface area contributed by atoms with Crippen molar-refractivity contribution in [2.75, 3.05) is 31.7 Å². The van der Waals surface area contributed by atoms with Crippen LogP contribution in [0.5, 0.6) is 5.75 Å². The summed E-state index contributed by atoms with van der Waals surface area (Å²) in [6.45, 7) is 9.47. The molecule has 27 heavy (non-hydrogen) atoms. The highest BCUT2D eigenvalue weighted by atomic mass is 16.5. The van der Waals surface area contributed by atoms with Gasteiger partial charge >= 0.3 is 5.97 Å². The Labute approximate surface area is 162 Å². The third-order valence-corrected chi connectivity index (χ3v) is 5.15. The molecule has 1 aliphatic rings. The molecule has 1 aliphatic heterocycles. The van der Waals surface area contributed by atoms with Crippen LogP contribution in [0.15, 0.2) is 48.5 Å². The number of carbonyl (C=O) groups excluding carboxylic acids is 1. The fraction of sp³-hybridized carbons (Fsp3) is 0.435. The number of rotatable bonds is 5. The molecule has 4 heteroatoms. The second-order valence-electron chi connectivity index (χ2n) is 8.22. The average Bonchev–Trinajstić information content (AvgIpc) is 3.14. The fourth-order valence-electron chi connectivity index (χ4n) is 3.39. The van der Waals surface area contributed by atoms with Crippen molar-refractivity contribution in [2.45, 2.75) is 32.6 Å². The minimum Gasteiger partial charge on any atom is -0.493 e. The monoisotopic (exact) mass is 367 g/mol. The van der Waals surface area contributed by atoms with Gasteiger partial charge in [-0.1, -0.05) is 32.9 Å². The molecular weight excluding hydrogens is 338 g/mol. The molecule has 0 aliphatic carbocycles. The second-order valence-corrected chi connectivity index (χ2v) is 8.22. The fourth-order valence-corrected chi connectivity index (χ4v) is 3.39. The number of hydrogen-bond donors (Lipinski definition) is 0. The van der Waals surface area contributed by atoms with Crippen LogP contribution in [-0.2, 0) is 10.2 Å². The highest BCUT2D eigenvalue weighted by Crippen LogP contribution is 2.28. The van der Waals surface area contributed by atoms with Crippen molar-refractivity contribution in [3.63, 3.8) is 0 Å². The van der Waals surface area contributed by atoms with E-state index in [1.54, 1.807) is 12.1 Å². The van der Waals surface area contributed by atoms with Gasteiger partial charge < -0.3 is 14.4 Å². The molecule has 0 N–H and O–H groups in total. The molecule has 0 bridgehead atoms. The van der Waals surface area contributed by atoms with E-state index >= 15 is 0 Å². The molecular formula is C23H29NO3. The number of nitrogens with zero attached hydrogens (tertiary/aromatic N) is 1. The maximum absolute atomic E-state index is 11.5. The van der Waals surface area contributed by atoms with Crippen LogP contribution >= 0.6 is 0 Å². The minimum atomic E-state index is -0.328. The predicted molar refractivity (Wildman–Crippen MR) is 109 cm³/mol. The van der Waals surface area contributed by atoms with Gasteiger partial charge in [-0.15, -0.1) is 0 Å². The van der Waals surface area contributed by atoms with E-state index in [1.165, 1.54) is 18.4 Å². The zero-order valence-electron chi connectivity index (χ0n) is 16.7. The van der Waals surface area contributed by atoms with Crippen molar-refractivity contribution in [1.29, 1.82) is 0 Å². The summed E-state index contributed by atoms with van der Waals surface area (Å²) in [4.78, 5) is 13.9. The number of hydrogen-bond acceptors (Lipinski definition) is 4. The third kappa shape index (κ3) is 4.82. The van der Waals surface area contributed by atoms with E-state index in [0.29, 0.717) is 18.1 Å². The molecule has 1 unspecified atom stereocenters. The van der Waals surface area contributed by atoms with E-state index in [0.717, 1.165) is 25.3 Å². The van der Waals surface area contributed by atoms with Gasteiger partial charge in [-0.05, 0) is 53.8 Å². The Hall–Kier alpha value is -2.49. The van der Waals surface area contributed by atoms with Crippen LogP contribution in [0, 0.1) is 5.92 Å². The van der Waals surface area contributed by atoms with Crippen LogP contribution in [0.2, 0.25) is 0 Å². The van der Waals surface area contributed by atoms with Gasteiger partial charge in [-0.25, -0.2) is 4.79 Å². The van der Waals surface area contributed by atoms with Gasteiger partial charge in [0.2, 0.25) is 0 Å². The lowest BCUT2D eigenvalue weighted by Gasteiger charge is -2.22. The number of esters is 1. The summed E-state index contributed by atoms with van der Waals surface area (Å²) in [5.74, 6) is 0.966. The molecule has 0 radical (unpaired) electrons. The molecule has 4 nitrogen and oxygen atoms in total. The molecule has 1 fully saturated rings. The maximum atomic E-state index is 11.5. The molecule has 1 saturated heterocycles. The maximum Gasteiger partial charge on any atom is 0.337 e. The van der Waals surface area contributed by atoms with E-state index in [9.17, 15) is 4.79 Å². The predicted octanol–water partition coefficient (Wildman–Crippen LogP) is 4.68. The zero-order valence-corrected chi connectivity index (χ0v) is 16.7. The molecule has 2 aromatic carbocycles. The van der Waals surface area contributed by atoms with Crippen LogP contribution in [0.25, 0.3) is 0 Å². The number of methoxy groups -OCH3 is 1. The molecule has 1 heterocycles. The molecule has 0 amide bonds. The third-order valence-electron chi connectivity index (χ3n) is 5.15. The van der Waals surface area contributed by atoms with E-state index in [2.05, 4.69) is 49.9 Å². The second kappa shape index (κ2) is 8.03. The van der Waals surface area contributed by atoms with E-state index in [-0.39, 0.29) is 11.4 Å². The summed E-state index contributed by atoms with van der Waals surface area (Å²) in [7, 11) is 1.38. The first-order chi connectivity index (χ1) is 12.9. The normalized spacial score (nSPS) is 17.0. The van der Waals surface area contributed by atoms with E-state index < -0.39 is 0 Å². The van der Waals surface area contributed by atoms with Crippen molar-refractivity contribution in [3.8, 4) is 5.75 Å². The average molecular weight is 367 g/mol. The van der Waals surface area contributed by atoms with Gasteiger partial charge in [0.1, 0.15) is 5.75 Å². The first kappa shape index (κ1) is 19.3. The molecule has 0 spiro atoms. The first-order valence-electron chi connectivity index (χ1n) is 9.53. The Morgan fingerprint density at radius 3 is 2.33 bits per heavy atom. The lowest BCUT2D eigenvalue weighted by molar-refractivity contribution is 0.0600. The van der Waals surface area contributed by atoms with Gasteiger partial charge in [0.15, 0.2) is 0 Å².